The number of fused-ring (bicyclic) bond motifs is 1. The number of rotatable bonds is 5. The van der Waals surface area contributed by atoms with Crippen LogP contribution in [0.4, 0.5) is 4.39 Å². The van der Waals surface area contributed by atoms with E-state index in [1.165, 1.54) is 21.4 Å². The Morgan fingerprint density at radius 1 is 1.23 bits per heavy atom. The van der Waals surface area contributed by atoms with Crippen molar-refractivity contribution in [1.29, 1.82) is 0 Å². The van der Waals surface area contributed by atoms with Gasteiger partial charge in [0.05, 0.1) is 5.39 Å². The van der Waals surface area contributed by atoms with Crippen LogP contribution in [0.3, 0.4) is 0 Å². The average Bonchev–Trinajstić information content (AvgIpc) is 3.30. The van der Waals surface area contributed by atoms with Crippen LogP contribution < -0.4 is 11.2 Å². The number of pyridine rings is 1. The van der Waals surface area contributed by atoms with E-state index >= 15 is 0 Å². The molecule has 1 aromatic carbocycles. The second-order valence-corrected chi connectivity index (χ2v) is 8.75. The third-order valence-electron chi connectivity index (χ3n) is 6.51. The number of aliphatic hydroxyl groups is 1. The summed E-state index contributed by atoms with van der Waals surface area (Å²) >= 11 is 0. The van der Waals surface area contributed by atoms with Crippen molar-refractivity contribution in [1.82, 2.24) is 18.9 Å². The van der Waals surface area contributed by atoms with E-state index in [2.05, 4.69) is 12.0 Å². The number of nitrogens with zero attached hydrogens (tertiary/aromatic N) is 4. The van der Waals surface area contributed by atoms with Gasteiger partial charge in [0.1, 0.15) is 18.2 Å². The summed E-state index contributed by atoms with van der Waals surface area (Å²) in [6.07, 6.45) is 2.77. The van der Waals surface area contributed by atoms with Gasteiger partial charge in [-0.15, -0.1) is 5.10 Å². The molecule has 1 aliphatic carbocycles. The molecule has 31 heavy (non-hydrogen) atoms. The molecular formula is C23H29FN4O3. The number of aliphatic hydroxyl groups excluding tert-OH is 1. The van der Waals surface area contributed by atoms with Gasteiger partial charge in [0.25, 0.3) is 5.56 Å². The molecule has 8 heteroatoms. The summed E-state index contributed by atoms with van der Waals surface area (Å²) in [6, 6.07) is 4.13. The summed E-state index contributed by atoms with van der Waals surface area (Å²) in [6.45, 7) is 7.87. The number of halogens is 1. The lowest BCUT2D eigenvalue weighted by Gasteiger charge is -2.27. The summed E-state index contributed by atoms with van der Waals surface area (Å²) in [5, 5.41) is 15.1. The van der Waals surface area contributed by atoms with Gasteiger partial charge in [0.2, 0.25) is 0 Å². The van der Waals surface area contributed by atoms with Crippen molar-refractivity contribution in [3.8, 4) is 5.82 Å². The van der Waals surface area contributed by atoms with E-state index in [4.69, 9.17) is 0 Å². The van der Waals surface area contributed by atoms with Gasteiger partial charge in [-0.25, -0.2) is 9.18 Å². The van der Waals surface area contributed by atoms with Gasteiger partial charge < -0.3 is 5.11 Å². The first kappa shape index (κ1) is 21.5. The third kappa shape index (κ3) is 3.33. The molecule has 0 saturated heterocycles. The molecular weight excluding hydrogens is 399 g/mol. The molecule has 2 aromatic heterocycles. The van der Waals surface area contributed by atoms with E-state index in [9.17, 15) is 19.1 Å². The van der Waals surface area contributed by atoms with Crippen molar-refractivity contribution in [3.05, 3.63) is 56.2 Å². The molecule has 0 aliphatic heterocycles. The van der Waals surface area contributed by atoms with Crippen molar-refractivity contribution < 1.29 is 9.50 Å². The second-order valence-electron chi connectivity index (χ2n) is 8.75. The Kier molecular flexibility index (Phi) is 5.60. The van der Waals surface area contributed by atoms with Crippen LogP contribution in [-0.2, 0) is 13.2 Å². The van der Waals surface area contributed by atoms with Gasteiger partial charge >= 0.3 is 5.69 Å². The lowest BCUT2D eigenvalue weighted by Crippen LogP contribution is -2.35. The fourth-order valence-corrected chi connectivity index (χ4v) is 5.02. The number of hydrogen-bond donors (Lipinski definition) is 1. The Balaban J connectivity index is 2.21. The van der Waals surface area contributed by atoms with Crippen molar-refractivity contribution in [2.75, 3.05) is 0 Å². The lowest BCUT2D eigenvalue weighted by molar-refractivity contribution is 0.264. The highest BCUT2D eigenvalue weighted by molar-refractivity contribution is 5.87. The minimum atomic E-state index is -0.465. The summed E-state index contributed by atoms with van der Waals surface area (Å²) in [7, 11) is 0. The SMILES string of the molecule is CCn1c(CO)nn(-c2c(C(C)C)c3ccc(F)cc3c(=O)n2[C@@H]2CCC[C@H]2C)c1=O. The molecule has 166 valence electrons. The van der Waals surface area contributed by atoms with E-state index < -0.39 is 11.5 Å². The van der Waals surface area contributed by atoms with Crippen LogP contribution in [0.25, 0.3) is 16.6 Å². The first-order chi connectivity index (χ1) is 14.8. The largest absolute Gasteiger partial charge is 0.388 e. The van der Waals surface area contributed by atoms with Gasteiger partial charge in [-0.1, -0.05) is 33.3 Å². The fraction of sp³-hybridized carbons (Fsp3) is 0.522. The summed E-state index contributed by atoms with van der Waals surface area (Å²) in [5.74, 6) is 0.407. The normalized spacial score (nSPS) is 19.1. The number of aromatic nitrogens is 4. The smallest absolute Gasteiger partial charge is 0.352 e. The Labute approximate surface area is 179 Å². The molecule has 0 unspecified atom stereocenters. The molecule has 1 saturated carbocycles. The topological polar surface area (TPSA) is 82.0 Å². The molecule has 2 heterocycles. The number of benzene rings is 1. The van der Waals surface area contributed by atoms with Crippen LogP contribution in [0.1, 0.15) is 70.3 Å². The molecule has 7 nitrogen and oxygen atoms in total. The summed E-state index contributed by atoms with van der Waals surface area (Å²) < 4.78 is 18.5. The van der Waals surface area contributed by atoms with E-state index in [1.54, 1.807) is 10.6 Å². The molecule has 0 bridgehead atoms. The highest BCUT2D eigenvalue weighted by Crippen LogP contribution is 2.39. The minimum absolute atomic E-state index is 0.0530. The molecule has 1 N–H and O–H groups in total. The quantitative estimate of drug-likeness (QED) is 0.675. The maximum Gasteiger partial charge on any atom is 0.352 e. The van der Waals surface area contributed by atoms with Gasteiger partial charge in [-0.3, -0.25) is 13.9 Å². The van der Waals surface area contributed by atoms with Crippen molar-refractivity contribution in [2.24, 2.45) is 5.92 Å². The molecule has 3 aromatic rings. The third-order valence-corrected chi connectivity index (χ3v) is 6.51. The van der Waals surface area contributed by atoms with Crippen LogP contribution in [0, 0.1) is 11.7 Å². The van der Waals surface area contributed by atoms with Crippen LogP contribution >= 0.6 is 0 Å². The fourth-order valence-electron chi connectivity index (χ4n) is 5.02. The van der Waals surface area contributed by atoms with Crippen LogP contribution in [0.5, 0.6) is 0 Å². The van der Waals surface area contributed by atoms with Crippen LogP contribution in [0.15, 0.2) is 27.8 Å². The minimum Gasteiger partial charge on any atom is -0.388 e. The Morgan fingerprint density at radius 3 is 2.52 bits per heavy atom. The van der Waals surface area contributed by atoms with E-state index in [-0.39, 0.29) is 35.9 Å². The van der Waals surface area contributed by atoms with Crippen molar-refractivity contribution >= 4 is 10.8 Å². The average molecular weight is 429 g/mol. The Hall–Kier alpha value is -2.74. The van der Waals surface area contributed by atoms with Crippen LogP contribution in [-0.4, -0.2) is 24.0 Å². The molecule has 4 rings (SSSR count). The summed E-state index contributed by atoms with van der Waals surface area (Å²) in [4.78, 5) is 27.0. The van der Waals surface area contributed by atoms with Crippen molar-refractivity contribution in [3.63, 3.8) is 0 Å². The standard InChI is InChI=1S/C23H29FN4O3/c1-5-26-19(12-29)25-28(23(26)31)21-20(13(2)3)16-10-9-15(24)11-17(16)22(30)27(21)18-8-6-7-14(18)4/h9-11,13-14,18,29H,5-8,12H2,1-4H3/t14-,18-/m1/s1. The predicted molar refractivity (Wildman–Crippen MR) is 117 cm³/mol. The van der Waals surface area contributed by atoms with E-state index in [0.29, 0.717) is 23.1 Å². The van der Waals surface area contributed by atoms with Gasteiger partial charge in [-0.05, 0) is 49.1 Å². The maximum atomic E-state index is 14.1. The van der Waals surface area contributed by atoms with E-state index in [1.807, 2.05) is 20.8 Å². The zero-order chi connectivity index (χ0) is 22.4. The zero-order valence-electron chi connectivity index (χ0n) is 18.4. The van der Waals surface area contributed by atoms with Gasteiger partial charge in [0, 0.05) is 18.2 Å². The maximum absolute atomic E-state index is 14.1. The number of hydrogen-bond acceptors (Lipinski definition) is 4. The second kappa shape index (κ2) is 8.07. The lowest BCUT2D eigenvalue weighted by atomic mass is 9.95. The highest BCUT2D eigenvalue weighted by atomic mass is 19.1. The predicted octanol–water partition coefficient (Wildman–Crippen LogP) is 3.48. The first-order valence-electron chi connectivity index (χ1n) is 11.0. The molecule has 1 aliphatic rings. The van der Waals surface area contributed by atoms with Gasteiger partial charge in [0.15, 0.2) is 5.82 Å². The molecule has 0 amide bonds. The molecule has 0 radical (unpaired) electrons. The Morgan fingerprint density at radius 2 is 1.97 bits per heavy atom. The molecule has 0 spiro atoms. The van der Waals surface area contributed by atoms with Crippen molar-refractivity contribution in [2.45, 2.75) is 72.1 Å². The highest BCUT2D eigenvalue weighted by Gasteiger charge is 2.32. The molecule has 1 fully saturated rings. The van der Waals surface area contributed by atoms with Crippen LogP contribution in [0.2, 0.25) is 0 Å². The summed E-state index contributed by atoms with van der Waals surface area (Å²) in [5.41, 5.74) is 0.0749. The Bertz CT molecular complexity index is 1250. The first-order valence-corrected chi connectivity index (χ1v) is 11.0. The van der Waals surface area contributed by atoms with Gasteiger partial charge in [-0.2, -0.15) is 4.68 Å². The monoisotopic (exact) mass is 428 g/mol. The van der Waals surface area contributed by atoms with E-state index in [0.717, 1.165) is 24.8 Å². The zero-order valence-corrected chi connectivity index (χ0v) is 18.4. The molecule has 2 atom stereocenters.